The number of rotatable bonds is 2. The Balaban J connectivity index is 0.000000171. The smallest absolute Gasteiger partial charge is 0.100 e. The third-order valence-corrected chi connectivity index (χ3v) is 2.59. The lowest BCUT2D eigenvalue weighted by atomic mass is 10.2. The van der Waals surface area contributed by atoms with E-state index in [4.69, 9.17) is 23.2 Å². The van der Waals surface area contributed by atoms with Gasteiger partial charge in [-0.1, -0.05) is 73.3 Å². The molecule has 88 valence electrons. The van der Waals surface area contributed by atoms with E-state index < -0.39 is 4.84 Å². The lowest BCUT2D eigenvalue weighted by Crippen LogP contribution is -1.76. The van der Waals surface area contributed by atoms with E-state index in [-0.39, 0.29) is 0 Å². The second-order valence-corrected chi connectivity index (χ2v) is 4.42. The molecule has 2 heteroatoms. The van der Waals surface area contributed by atoms with Gasteiger partial charge in [0.05, 0.1) is 0 Å². The molecule has 2 aromatic rings. The lowest BCUT2D eigenvalue weighted by Gasteiger charge is -1.97. The highest BCUT2D eigenvalue weighted by atomic mass is 35.5. The molecule has 0 saturated heterocycles. The predicted octanol–water partition coefficient (Wildman–Crippen LogP) is 5.49. The van der Waals surface area contributed by atoms with Crippen LogP contribution in [0.3, 0.4) is 0 Å². The fourth-order valence-electron chi connectivity index (χ4n) is 1.19. The van der Waals surface area contributed by atoms with Crippen molar-refractivity contribution in [3.05, 3.63) is 78.4 Å². The zero-order chi connectivity index (χ0) is 12.5. The van der Waals surface area contributed by atoms with Gasteiger partial charge in [0, 0.05) is 0 Å². The van der Waals surface area contributed by atoms with E-state index in [1.54, 1.807) is 0 Å². The van der Waals surface area contributed by atoms with Gasteiger partial charge in [0.2, 0.25) is 0 Å². The molecule has 0 aliphatic rings. The average Bonchev–Trinajstić information content (AvgIpc) is 2.41. The zero-order valence-electron chi connectivity index (χ0n) is 9.39. The van der Waals surface area contributed by atoms with Crippen LogP contribution in [0.15, 0.2) is 67.2 Å². The summed E-state index contributed by atoms with van der Waals surface area (Å²) in [5.41, 5.74) is 2.12. The Morgan fingerprint density at radius 3 is 1.59 bits per heavy atom. The van der Waals surface area contributed by atoms with Crippen molar-refractivity contribution in [2.45, 2.75) is 4.84 Å². The summed E-state index contributed by atoms with van der Waals surface area (Å²) in [5, 5.41) is 0. The van der Waals surface area contributed by atoms with Gasteiger partial charge < -0.3 is 0 Å². The van der Waals surface area contributed by atoms with Crippen molar-refractivity contribution in [1.82, 2.24) is 0 Å². The Bertz CT molecular complexity index is 421. The number of alkyl halides is 2. The molecule has 0 N–H and O–H groups in total. The molecule has 0 amide bonds. The number of hydrogen-bond acceptors (Lipinski definition) is 0. The van der Waals surface area contributed by atoms with Gasteiger partial charge in [0.25, 0.3) is 0 Å². The molecule has 0 nitrogen and oxygen atoms in total. The molecule has 0 atom stereocenters. The summed E-state index contributed by atoms with van der Waals surface area (Å²) in [5.74, 6) is 0. The summed E-state index contributed by atoms with van der Waals surface area (Å²) in [6.07, 6.45) is 1.83. The van der Waals surface area contributed by atoms with Crippen molar-refractivity contribution in [3.63, 3.8) is 0 Å². The third-order valence-electron chi connectivity index (χ3n) is 2.09. The van der Waals surface area contributed by atoms with Crippen LogP contribution in [0.4, 0.5) is 0 Å². The molecule has 2 rings (SSSR count). The Kier molecular flexibility index (Phi) is 6.46. The van der Waals surface area contributed by atoms with Crippen molar-refractivity contribution >= 4 is 29.3 Å². The summed E-state index contributed by atoms with van der Waals surface area (Å²) in [6, 6.07) is 19.6. The van der Waals surface area contributed by atoms with Crippen molar-refractivity contribution in [1.29, 1.82) is 0 Å². The molecule has 0 aliphatic heterocycles. The summed E-state index contributed by atoms with van der Waals surface area (Å²) in [4.78, 5) is -0.397. The Morgan fingerprint density at radius 1 is 0.824 bits per heavy atom. The maximum absolute atomic E-state index is 5.57. The molecule has 0 unspecified atom stereocenters. The molecule has 0 aromatic heterocycles. The Labute approximate surface area is 113 Å². The van der Waals surface area contributed by atoms with E-state index in [0.29, 0.717) is 0 Å². The fraction of sp³-hybridized carbons (Fsp3) is 0.0667. The molecule has 0 aliphatic carbocycles. The molecule has 0 saturated carbocycles. The van der Waals surface area contributed by atoms with Gasteiger partial charge in [0.15, 0.2) is 0 Å². The largest absolute Gasteiger partial charge is 0.132 e. The maximum Gasteiger partial charge on any atom is 0.132 e. The highest BCUT2D eigenvalue weighted by Crippen LogP contribution is 2.23. The van der Waals surface area contributed by atoms with Crippen molar-refractivity contribution in [2.75, 3.05) is 0 Å². The second-order valence-electron chi connectivity index (χ2n) is 3.33. The molecule has 0 spiro atoms. The van der Waals surface area contributed by atoms with Gasteiger partial charge in [-0.2, -0.15) is 0 Å². The number of hydrogen-bond donors (Lipinski definition) is 0. The summed E-state index contributed by atoms with van der Waals surface area (Å²) < 4.78 is 0. The minimum Gasteiger partial charge on any atom is -0.100 e. The fourth-order valence-corrected chi connectivity index (χ4v) is 1.48. The van der Waals surface area contributed by atoms with Gasteiger partial charge in [-0.3, -0.25) is 0 Å². The van der Waals surface area contributed by atoms with Crippen LogP contribution in [0.25, 0.3) is 6.08 Å². The molecule has 0 bridgehead atoms. The SMILES string of the molecule is C=Cc1ccccc1.ClC(Cl)c1ccccc1. The van der Waals surface area contributed by atoms with E-state index in [1.165, 1.54) is 5.56 Å². The highest BCUT2D eigenvalue weighted by Gasteiger charge is 1.98. The standard InChI is InChI=1S/C8H8.C7H6Cl2/c1-2-8-6-4-3-5-7-8;8-7(9)6-4-2-1-3-5-6/h2-7H,1H2;1-5,7H. The first-order valence-corrected chi connectivity index (χ1v) is 6.12. The van der Waals surface area contributed by atoms with E-state index in [0.717, 1.165) is 5.56 Å². The molecular weight excluding hydrogens is 251 g/mol. The van der Waals surface area contributed by atoms with E-state index in [9.17, 15) is 0 Å². The molecule has 17 heavy (non-hydrogen) atoms. The van der Waals surface area contributed by atoms with Crippen molar-refractivity contribution in [3.8, 4) is 0 Å². The lowest BCUT2D eigenvalue weighted by molar-refractivity contribution is 1.35. The summed E-state index contributed by atoms with van der Waals surface area (Å²) in [7, 11) is 0. The first-order chi connectivity index (χ1) is 8.24. The molecule has 0 fully saturated rings. The van der Waals surface area contributed by atoms with Crippen molar-refractivity contribution < 1.29 is 0 Å². The molecular formula is C15H14Cl2. The summed E-state index contributed by atoms with van der Waals surface area (Å²) >= 11 is 11.1. The Morgan fingerprint density at radius 2 is 1.29 bits per heavy atom. The molecule has 2 aromatic carbocycles. The zero-order valence-corrected chi connectivity index (χ0v) is 10.9. The van der Waals surface area contributed by atoms with Crippen LogP contribution in [0.5, 0.6) is 0 Å². The van der Waals surface area contributed by atoms with E-state index in [2.05, 4.69) is 6.58 Å². The molecule has 0 radical (unpaired) electrons. The molecule has 0 heterocycles. The van der Waals surface area contributed by atoms with Gasteiger partial charge in [-0.25, -0.2) is 0 Å². The normalized spacial score (nSPS) is 9.35. The summed E-state index contributed by atoms with van der Waals surface area (Å²) in [6.45, 7) is 3.63. The number of benzene rings is 2. The predicted molar refractivity (Wildman–Crippen MR) is 77.4 cm³/mol. The minimum atomic E-state index is -0.397. The average molecular weight is 265 g/mol. The van der Waals surface area contributed by atoms with Crippen LogP contribution in [-0.4, -0.2) is 0 Å². The van der Waals surface area contributed by atoms with Gasteiger partial charge in [-0.15, -0.1) is 23.2 Å². The second kappa shape index (κ2) is 7.94. The van der Waals surface area contributed by atoms with Crippen LogP contribution >= 0.6 is 23.2 Å². The van der Waals surface area contributed by atoms with Gasteiger partial charge in [0.1, 0.15) is 4.84 Å². The highest BCUT2D eigenvalue weighted by molar-refractivity contribution is 6.44. The van der Waals surface area contributed by atoms with Crippen LogP contribution in [-0.2, 0) is 0 Å². The van der Waals surface area contributed by atoms with E-state index in [1.807, 2.05) is 66.7 Å². The third kappa shape index (κ3) is 5.58. The topological polar surface area (TPSA) is 0 Å². The van der Waals surface area contributed by atoms with Gasteiger partial charge >= 0.3 is 0 Å². The monoisotopic (exact) mass is 264 g/mol. The number of halogens is 2. The Hall–Kier alpha value is -1.24. The van der Waals surface area contributed by atoms with Crippen LogP contribution in [0.2, 0.25) is 0 Å². The first-order valence-electron chi connectivity index (χ1n) is 5.24. The quantitative estimate of drug-likeness (QED) is 0.629. The first kappa shape index (κ1) is 13.8. The maximum atomic E-state index is 5.57. The van der Waals surface area contributed by atoms with Crippen molar-refractivity contribution in [2.24, 2.45) is 0 Å². The van der Waals surface area contributed by atoms with Gasteiger partial charge in [-0.05, 0) is 11.1 Å². The van der Waals surface area contributed by atoms with E-state index >= 15 is 0 Å². The minimum absolute atomic E-state index is 0.397. The van der Waals surface area contributed by atoms with Crippen LogP contribution in [0.1, 0.15) is 16.0 Å². The van der Waals surface area contributed by atoms with Crippen LogP contribution in [0, 0.1) is 0 Å². The van der Waals surface area contributed by atoms with Crippen LogP contribution < -0.4 is 0 Å².